The fourth-order valence-electron chi connectivity index (χ4n) is 1.53. The molecule has 0 spiro atoms. The number of nitrogens with zero attached hydrogens (tertiary/aromatic N) is 1. The Bertz CT molecular complexity index is 432. The van der Waals surface area contributed by atoms with Crippen LogP contribution in [0.5, 0.6) is 0 Å². The molecule has 1 aromatic carbocycles. The molecule has 0 aliphatic heterocycles. The molecule has 0 aromatic heterocycles. The molecule has 0 radical (unpaired) electrons. The van der Waals surface area contributed by atoms with Gasteiger partial charge in [0.2, 0.25) is 0 Å². The molecule has 1 aliphatic carbocycles. The van der Waals surface area contributed by atoms with Crippen LogP contribution in [0.25, 0.3) is 0 Å². The summed E-state index contributed by atoms with van der Waals surface area (Å²) in [6.07, 6.45) is 8.38. The fraction of sp³-hybridized carbons (Fsp3) is 0.154. The average Bonchev–Trinajstić information content (AvgIpc) is 2.74. The van der Waals surface area contributed by atoms with Crippen molar-refractivity contribution in [2.24, 2.45) is 10.9 Å². The molecule has 0 saturated heterocycles. The first-order valence-electron chi connectivity index (χ1n) is 4.95. The van der Waals surface area contributed by atoms with Crippen molar-refractivity contribution in [1.29, 1.82) is 0 Å². The summed E-state index contributed by atoms with van der Waals surface area (Å²) < 4.78 is 0. The van der Waals surface area contributed by atoms with Crippen molar-refractivity contribution in [2.75, 3.05) is 0 Å². The first-order valence-corrected chi connectivity index (χ1v) is 5.40. The van der Waals surface area contributed by atoms with Crippen molar-refractivity contribution in [3.63, 3.8) is 0 Å². The van der Waals surface area contributed by atoms with Crippen molar-refractivity contribution in [3.8, 4) is 0 Å². The van der Waals surface area contributed by atoms with Crippen LogP contribution >= 0.6 is 12.6 Å². The third kappa shape index (κ3) is 2.39. The highest BCUT2D eigenvalue weighted by atomic mass is 32.1. The molecule has 0 amide bonds. The highest BCUT2D eigenvalue weighted by Gasteiger charge is 2.07. The Morgan fingerprint density at radius 1 is 1.20 bits per heavy atom. The summed E-state index contributed by atoms with van der Waals surface area (Å²) in [6.45, 7) is 2.05. The largest absolute Gasteiger partial charge is 0.256 e. The second-order valence-corrected chi connectivity index (χ2v) is 4.02. The smallest absolute Gasteiger partial charge is 0.0762 e. The van der Waals surface area contributed by atoms with Crippen molar-refractivity contribution in [1.82, 2.24) is 0 Å². The van der Waals surface area contributed by atoms with Crippen LogP contribution in [-0.4, -0.2) is 5.71 Å². The second kappa shape index (κ2) is 4.49. The SMILES string of the molecule is CC(=Nc1ccccc1S)C1C=CC=C1. The zero-order chi connectivity index (χ0) is 10.7. The van der Waals surface area contributed by atoms with Crippen LogP contribution in [0, 0.1) is 5.92 Å². The van der Waals surface area contributed by atoms with E-state index < -0.39 is 0 Å². The third-order valence-electron chi connectivity index (χ3n) is 2.41. The van der Waals surface area contributed by atoms with Crippen LogP contribution in [0.2, 0.25) is 0 Å². The molecule has 1 aliphatic rings. The zero-order valence-electron chi connectivity index (χ0n) is 8.59. The summed E-state index contributed by atoms with van der Waals surface area (Å²) in [7, 11) is 0. The first-order chi connectivity index (χ1) is 7.27. The predicted octanol–water partition coefficient (Wildman–Crippen LogP) is 3.81. The summed E-state index contributed by atoms with van der Waals surface area (Å²) >= 11 is 4.37. The molecule has 0 heterocycles. The number of thiol groups is 1. The van der Waals surface area contributed by atoms with E-state index in [1.165, 1.54) is 0 Å². The molecular weight excluding hydrogens is 202 g/mol. The molecule has 0 fully saturated rings. The Morgan fingerprint density at radius 3 is 2.53 bits per heavy atom. The maximum absolute atomic E-state index is 4.58. The van der Waals surface area contributed by atoms with Crippen LogP contribution in [-0.2, 0) is 0 Å². The first kappa shape index (κ1) is 10.2. The molecule has 0 unspecified atom stereocenters. The van der Waals surface area contributed by atoms with Crippen molar-refractivity contribution < 1.29 is 0 Å². The maximum atomic E-state index is 4.58. The Hall–Kier alpha value is -1.28. The summed E-state index contributed by atoms with van der Waals surface area (Å²) in [6, 6.07) is 7.88. The maximum Gasteiger partial charge on any atom is 0.0762 e. The van der Waals surface area contributed by atoms with Crippen LogP contribution in [0.4, 0.5) is 5.69 Å². The summed E-state index contributed by atoms with van der Waals surface area (Å²) in [5.41, 5.74) is 2.04. The fourth-order valence-corrected chi connectivity index (χ4v) is 1.74. The lowest BCUT2D eigenvalue weighted by atomic mass is 10.1. The monoisotopic (exact) mass is 215 g/mol. The number of allylic oxidation sites excluding steroid dienone is 4. The van der Waals surface area contributed by atoms with Gasteiger partial charge in [-0.2, -0.15) is 0 Å². The van der Waals surface area contributed by atoms with Gasteiger partial charge in [-0.15, -0.1) is 12.6 Å². The molecule has 1 nitrogen and oxygen atoms in total. The van der Waals surface area contributed by atoms with Gasteiger partial charge in [-0.3, -0.25) is 4.99 Å². The van der Waals surface area contributed by atoms with Crippen molar-refractivity contribution in [3.05, 3.63) is 48.6 Å². The molecule has 15 heavy (non-hydrogen) atoms. The van der Waals surface area contributed by atoms with Gasteiger partial charge < -0.3 is 0 Å². The zero-order valence-corrected chi connectivity index (χ0v) is 9.49. The predicted molar refractivity (Wildman–Crippen MR) is 68.2 cm³/mol. The normalized spacial score (nSPS) is 16.3. The molecule has 0 saturated carbocycles. The van der Waals surface area contributed by atoms with Crippen LogP contribution in [0.15, 0.2) is 58.5 Å². The van der Waals surface area contributed by atoms with E-state index >= 15 is 0 Å². The molecule has 0 N–H and O–H groups in total. The third-order valence-corrected chi connectivity index (χ3v) is 2.79. The second-order valence-electron chi connectivity index (χ2n) is 3.54. The standard InChI is InChI=1S/C13H13NS/c1-10(11-6-2-3-7-11)14-12-8-4-5-9-13(12)15/h2-9,11,15H,1H3. The van der Waals surface area contributed by atoms with Crippen LogP contribution in [0.3, 0.4) is 0 Å². The van der Waals surface area contributed by atoms with Crippen molar-refractivity contribution >= 4 is 24.0 Å². The van der Waals surface area contributed by atoms with E-state index in [-0.39, 0.29) is 0 Å². The Kier molecular flexibility index (Phi) is 3.07. The lowest BCUT2D eigenvalue weighted by Crippen LogP contribution is -2.02. The van der Waals surface area contributed by atoms with Crippen molar-refractivity contribution in [2.45, 2.75) is 11.8 Å². The highest BCUT2D eigenvalue weighted by molar-refractivity contribution is 7.80. The van der Waals surface area contributed by atoms with Gasteiger partial charge in [0, 0.05) is 16.5 Å². The lowest BCUT2D eigenvalue weighted by molar-refractivity contribution is 1.14. The molecule has 0 bridgehead atoms. The Labute approximate surface area is 95.7 Å². The van der Waals surface area contributed by atoms with E-state index in [0.29, 0.717) is 5.92 Å². The van der Waals surface area contributed by atoms with E-state index in [1.807, 2.05) is 31.2 Å². The minimum absolute atomic E-state index is 0.345. The van der Waals surface area contributed by atoms with Crippen LogP contribution < -0.4 is 0 Å². The van der Waals surface area contributed by atoms with Gasteiger partial charge in [-0.25, -0.2) is 0 Å². The molecule has 0 atom stereocenters. The van der Waals surface area contributed by atoms with E-state index in [9.17, 15) is 0 Å². The molecule has 2 heteroatoms. The number of aliphatic imine (C=N–C) groups is 1. The van der Waals surface area contributed by atoms with Gasteiger partial charge in [0.1, 0.15) is 0 Å². The minimum Gasteiger partial charge on any atom is -0.256 e. The molecule has 2 rings (SSSR count). The van der Waals surface area contributed by atoms with E-state index in [1.54, 1.807) is 0 Å². The van der Waals surface area contributed by atoms with E-state index in [4.69, 9.17) is 0 Å². The summed E-state index contributed by atoms with van der Waals surface area (Å²) in [5.74, 6) is 0.345. The quantitative estimate of drug-likeness (QED) is 0.569. The van der Waals surface area contributed by atoms with Crippen LogP contribution in [0.1, 0.15) is 6.92 Å². The van der Waals surface area contributed by atoms with Gasteiger partial charge in [-0.05, 0) is 19.1 Å². The topological polar surface area (TPSA) is 12.4 Å². The molecular formula is C13H13NS. The van der Waals surface area contributed by atoms with Gasteiger partial charge in [-0.1, -0.05) is 36.4 Å². The van der Waals surface area contributed by atoms with Gasteiger partial charge in [0.25, 0.3) is 0 Å². The summed E-state index contributed by atoms with van der Waals surface area (Å²) in [4.78, 5) is 5.50. The minimum atomic E-state index is 0.345. The lowest BCUT2D eigenvalue weighted by Gasteiger charge is -2.05. The van der Waals surface area contributed by atoms with E-state index in [2.05, 4.69) is 41.9 Å². The number of para-hydroxylation sites is 1. The van der Waals surface area contributed by atoms with Gasteiger partial charge >= 0.3 is 0 Å². The number of hydrogen-bond acceptors (Lipinski definition) is 2. The average molecular weight is 215 g/mol. The highest BCUT2D eigenvalue weighted by Crippen LogP contribution is 2.24. The Balaban J connectivity index is 2.26. The van der Waals surface area contributed by atoms with Gasteiger partial charge in [0.05, 0.1) is 5.69 Å². The molecule has 1 aromatic rings. The number of hydrogen-bond donors (Lipinski definition) is 1. The number of rotatable bonds is 2. The summed E-state index contributed by atoms with van der Waals surface area (Å²) in [5, 5.41) is 0. The Morgan fingerprint density at radius 2 is 1.87 bits per heavy atom. The van der Waals surface area contributed by atoms with E-state index in [0.717, 1.165) is 16.3 Å². The number of benzene rings is 1. The molecule has 76 valence electrons. The van der Waals surface area contributed by atoms with Gasteiger partial charge in [0.15, 0.2) is 0 Å².